The van der Waals surface area contributed by atoms with Crippen molar-refractivity contribution in [2.45, 2.75) is 26.8 Å². The molecule has 5 nitrogen and oxygen atoms in total. The molecule has 26 heavy (non-hydrogen) atoms. The number of hydrogen-bond acceptors (Lipinski definition) is 4. The number of rotatable bonds is 5. The largest absolute Gasteiger partial charge is 0.344 e. The molecule has 0 bridgehead atoms. The van der Waals surface area contributed by atoms with Gasteiger partial charge in [-0.2, -0.15) is 0 Å². The highest BCUT2D eigenvalue weighted by Gasteiger charge is 2.13. The van der Waals surface area contributed by atoms with Crippen LogP contribution in [0.3, 0.4) is 0 Å². The molecule has 1 amide bonds. The van der Waals surface area contributed by atoms with Crippen molar-refractivity contribution in [3.8, 4) is 0 Å². The van der Waals surface area contributed by atoms with Crippen molar-refractivity contribution in [3.63, 3.8) is 0 Å². The Morgan fingerprint density at radius 1 is 0.962 bits per heavy atom. The maximum absolute atomic E-state index is 12.4. The van der Waals surface area contributed by atoms with Crippen LogP contribution in [-0.4, -0.2) is 16.1 Å². The molecule has 3 rings (SSSR count). The first-order chi connectivity index (χ1) is 12.5. The van der Waals surface area contributed by atoms with Crippen molar-refractivity contribution in [1.82, 2.24) is 15.5 Å². The number of carbonyl (C=O) groups excluding carboxylic acids is 1. The van der Waals surface area contributed by atoms with E-state index in [0.29, 0.717) is 11.5 Å². The first kappa shape index (κ1) is 17.6. The smallest absolute Gasteiger partial charge is 0.272 e. The van der Waals surface area contributed by atoms with Crippen molar-refractivity contribution < 1.29 is 4.79 Å². The quantitative estimate of drug-likeness (QED) is 0.722. The molecule has 2 aromatic carbocycles. The predicted octanol–water partition coefficient (Wildman–Crippen LogP) is 4.33. The fraction of sp³-hybridized carbons (Fsp3) is 0.190. The average molecular weight is 346 g/mol. The standard InChI is InChI=1S/C21H22N4O/c1-14-9-10-15(2)19(13-14)23-20-12-11-18(24-25-20)21(26)22-16(3)17-7-5-4-6-8-17/h4-13,16H,1-3H3,(H,22,26)(H,23,25). The van der Waals surface area contributed by atoms with E-state index >= 15 is 0 Å². The molecule has 3 aromatic rings. The Labute approximate surface area is 153 Å². The molecule has 2 N–H and O–H groups in total. The van der Waals surface area contributed by atoms with Gasteiger partial charge in [0, 0.05) is 5.69 Å². The van der Waals surface area contributed by atoms with Gasteiger partial charge in [0.2, 0.25) is 0 Å². The van der Waals surface area contributed by atoms with Gasteiger partial charge in [0.25, 0.3) is 5.91 Å². The van der Waals surface area contributed by atoms with E-state index < -0.39 is 0 Å². The van der Waals surface area contributed by atoms with Crippen molar-refractivity contribution in [2.75, 3.05) is 5.32 Å². The number of benzene rings is 2. The van der Waals surface area contributed by atoms with Crippen LogP contribution in [0.15, 0.2) is 60.7 Å². The summed E-state index contributed by atoms with van der Waals surface area (Å²) in [7, 11) is 0. The molecule has 0 saturated heterocycles. The van der Waals surface area contributed by atoms with E-state index in [9.17, 15) is 4.79 Å². The molecule has 0 saturated carbocycles. The van der Waals surface area contributed by atoms with Crippen LogP contribution in [-0.2, 0) is 0 Å². The normalized spacial score (nSPS) is 11.7. The lowest BCUT2D eigenvalue weighted by Crippen LogP contribution is -2.27. The fourth-order valence-corrected chi connectivity index (χ4v) is 2.62. The number of aryl methyl sites for hydroxylation is 2. The van der Waals surface area contributed by atoms with Crippen LogP contribution in [0.5, 0.6) is 0 Å². The minimum Gasteiger partial charge on any atom is -0.344 e. The monoisotopic (exact) mass is 346 g/mol. The number of aromatic nitrogens is 2. The lowest BCUT2D eigenvalue weighted by Gasteiger charge is -2.14. The second-order valence-corrected chi connectivity index (χ2v) is 6.35. The third-order valence-electron chi connectivity index (χ3n) is 4.20. The van der Waals surface area contributed by atoms with Crippen LogP contribution in [0.25, 0.3) is 0 Å². The summed E-state index contributed by atoms with van der Waals surface area (Å²) in [5, 5.41) is 14.3. The highest BCUT2D eigenvalue weighted by molar-refractivity contribution is 5.92. The molecule has 0 aliphatic carbocycles. The number of anilines is 2. The summed E-state index contributed by atoms with van der Waals surface area (Å²) < 4.78 is 0. The van der Waals surface area contributed by atoms with Gasteiger partial charge in [-0.05, 0) is 55.7 Å². The minimum atomic E-state index is -0.243. The van der Waals surface area contributed by atoms with Crippen LogP contribution >= 0.6 is 0 Å². The van der Waals surface area contributed by atoms with E-state index in [-0.39, 0.29) is 11.9 Å². The summed E-state index contributed by atoms with van der Waals surface area (Å²) >= 11 is 0. The summed E-state index contributed by atoms with van der Waals surface area (Å²) in [6.07, 6.45) is 0. The molecule has 0 aliphatic rings. The maximum Gasteiger partial charge on any atom is 0.272 e. The van der Waals surface area contributed by atoms with Crippen LogP contribution in [0.2, 0.25) is 0 Å². The summed E-state index contributed by atoms with van der Waals surface area (Å²) in [6.45, 7) is 6.01. The number of carbonyl (C=O) groups is 1. The van der Waals surface area contributed by atoms with Crippen molar-refractivity contribution in [3.05, 3.63) is 83.0 Å². The van der Waals surface area contributed by atoms with E-state index in [1.165, 1.54) is 0 Å². The molecular formula is C21H22N4O. The molecule has 1 heterocycles. The zero-order valence-electron chi connectivity index (χ0n) is 15.2. The van der Waals surface area contributed by atoms with Crippen LogP contribution < -0.4 is 10.6 Å². The lowest BCUT2D eigenvalue weighted by molar-refractivity contribution is 0.0934. The molecular weight excluding hydrogens is 324 g/mol. The number of nitrogens with zero attached hydrogens (tertiary/aromatic N) is 2. The number of hydrogen-bond donors (Lipinski definition) is 2. The topological polar surface area (TPSA) is 66.9 Å². The van der Waals surface area contributed by atoms with Gasteiger partial charge in [0.05, 0.1) is 6.04 Å². The average Bonchev–Trinajstić information content (AvgIpc) is 2.66. The second-order valence-electron chi connectivity index (χ2n) is 6.35. The number of amides is 1. The zero-order valence-corrected chi connectivity index (χ0v) is 15.2. The molecule has 0 aliphatic heterocycles. The molecule has 0 radical (unpaired) electrons. The van der Waals surface area contributed by atoms with Gasteiger partial charge >= 0.3 is 0 Å². The highest BCUT2D eigenvalue weighted by Crippen LogP contribution is 2.20. The Hall–Kier alpha value is -3.21. The molecule has 132 valence electrons. The van der Waals surface area contributed by atoms with Gasteiger partial charge < -0.3 is 10.6 Å². The molecule has 0 fully saturated rings. The van der Waals surface area contributed by atoms with Crippen LogP contribution in [0, 0.1) is 13.8 Å². The van der Waals surface area contributed by atoms with Crippen molar-refractivity contribution >= 4 is 17.4 Å². The Kier molecular flexibility index (Phi) is 5.27. The first-order valence-electron chi connectivity index (χ1n) is 8.57. The Balaban J connectivity index is 1.67. The van der Waals surface area contributed by atoms with Gasteiger partial charge in [-0.15, -0.1) is 10.2 Å². The van der Waals surface area contributed by atoms with E-state index in [4.69, 9.17) is 0 Å². The van der Waals surface area contributed by atoms with Gasteiger partial charge in [-0.25, -0.2) is 0 Å². The summed E-state index contributed by atoms with van der Waals surface area (Å²) in [5.74, 6) is 0.360. The Bertz CT molecular complexity index is 892. The van der Waals surface area contributed by atoms with E-state index in [1.54, 1.807) is 12.1 Å². The fourth-order valence-electron chi connectivity index (χ4n) is 2.62. The molecule has 1 unspecified atom stereocenters. The Morgan fingerprint density at radius 2 is 1.73 bits per heavy atom. The molecule has 0 spiro atoms. The molecule has 5 heteroatoms. The molecule has 1 aromatic heterocycles. The van der Waals surface area contributed by atoms with Crippen molar-refractivity contribution in [1.29, 1.82) is 0 Å². The van der Waals surface area contributed by atoms with Crippen LogP contribution in [0.4, 0.5) is 11.5 Å². The lowest BCUT2D eigenvalue weighted by atomic mass is 10.1. The van der Waals surface area contributed by atoms with Gasteiger partial charge in [0.1, 0.15) is 0 Å². The first-order valence-corrected chi connectivity index (χ1v) is 8.57. The zero-order chi connectivity index (χ0) is 18.5. The SMILES string of the molecule is Cc1ccc(C)c(Nc2ccc(C(=O)NC(C)c3ccccc3)nn2)c1. The maximum atomic E-state index is 12.4. The highest BCUT2D eigenvalue weighted by atomic mass is 16.2. The van der Waals surface area contributed by atoms with E-state index in [0.717, 1.165) is 22.4 Å². The summed E-state index contributed by atoms with van der Waals surface area (Å²) in [4.78, 5) is 12.4. The van der Waals surface area contributed by atoms with Crippen LogP contribution in [0.1, 0.15) is 40.1 Å². The Morgan fingerprint density at radius 3 is 2.42 bits per heavy atom. The van der Waals surface area contributed by atoms with Gasteiger partial charge in [-0.1, -0.05) is 42.5 Å². The van der Waals surface area contributed by atoms with E-state index in [1.807, 2.05) is 51.1 Å². The second kappa shape index (κ2) is 7.78. The third-order valence-corrected chi connectivity index (χ3v) is 4.20. The van der Waals surface area contributed by atoms with E-state index in [2.05, 4.69) is 39.0 Å². The summed E-state index contributed by atoms with van der Waals surface area (Å²) in [6, 6.07) is 19.3. The third kappa shape index (κ3) is 4.25. The summed E-state index contributed by atoms with van der Waals surface area (Å²) in [5.41, 5.74) is 4.60. The van der Waals surface area contributed by atoms with Crippen molar-refractivity contribution in [2.24, 2.45) is 0 Å². The minimum absolute atomic E-state index is 0.0988. The number of nitrogens with one attached hydrogen (secondary N) is 2. The van der Waals surface area contributed by atoms with Gasteiger partial charge in [-0.3, -0.25) is 4.79 Å². The van der Waals surface area contributed by atoms with Gasteiger partial charge in [0.15, 0.2) is 11.5 Å². The molecule has 1 atom stereocenters. The predicted molar refractivity (Wildman–Crippen MR) is 104 cm³/mol.